The number of aryl methyl sites for hydroxylation is 1. The standard InChI is InChI=1S/C25H35N3O4S/c1-17(30)26-25-23(19-6-4-5-7-22(19)33-25)24(28-12-10-27(11-13-28)14-15-29)18-8-9-20(31-2)21(16-18)32-3/h8-9,16,24,29H,4-7,10-15H2,1-3H3,(H,26,30)/t24-/m1/s1. The van der Waals surface area contributed by atoms with Gasteiger partial charge < -0.3 is 19.9 Å². The number of anilines is 1. The molecule has 1 aromatic carbocycles. The highest BCUT2D eigenvalue weighted by Crippen LogP contribution is 2.46. The second-order valence-electron chi connectivity index (χ2n) is 8.75. The van der Waals surface area contributed by atoms with Gasteiger partial charge >= 0.3 is 0 Å². The molecule has 0 bridgehead atoms. The summed E-state index contributed by atoms with van der Waals surface area (Å²) in [6.45, 7) is 6.08. The predicted octanol–water partition coefficient (Wildman–Crippen LogP) is 3.30. The molecule has 0 saturated carbocycles. The minimum atomic E-state index is -0.0336. The van der Waals surface area contributed by atoms with E-state index in [0.29, 0.717) is 18.0 Å². The zero-order chi connectivity index (χ0) is 23.4. The average molecular weight is 474 g/mol. The smallest absolute Gasteiger partial charge is 0.221 e. The van der Waals surface area contributed by atoms with Crippen LogP contribution in [0.4, 0.5) is 5.00 Å². The Hall–Kier alpha value is -2.13. The first-order valence-corrected chi connectivity index (χ1v) is 12.6. The first kappa shape index (κ1) is 24.0. The highest BCUT2D eigenvalue weighted by Gasteiger charge is 2.34. The number of benzene rings is 1. The van der Waals surface area contributed by atoms with Crippen LogP contribution in [0.1, 0.15) is 47.4 Å². The Labute approximate surface area is 200 Å². The number of piperazine rings is 1. The first-order valence-electron chi connectivity index (χ1n) is 11.8. The number of amides is 1. The van der Waals surface area contributed by atoms with Crippen molar-refractivity contribution in [3.05, 3.63) is 39.8 Å². The van der Waals surface area contributed by atoms with Crippen LogP contribution in [-0.4, -0.2) is 74.4 Å². The van der Waals surface area contributed by atoms with Crippen LogP contribution in [0, 0.1) is 0 Å². The number of β-amino-alcohol motifs (C(OH)–C–C–N with tert-alkyl or cyclic N) is 1. The fourth-order valence-electron chi connectivity index (χ4n) is 5.10. The summed E-state index contributed by atoms with van der Waals surface area (Å²) in [7, 11) is 3.32. The van der Waals surface area contributed by atoms with E-state index in [1.165, 1.54) is 28.8 Å². The molecule has 1 saturated heterocycles. The Kier molecular flexibility index (Phi) is 7.90. The lowest BCUT2D eigenvalue weighted by atomic mass is 9.88. The number of aliphatic hydroxyl groups excluding tert-OH is 1. The van der Waals surface area contributed by atoms with Gasteiger partial charge in [-0.1, -0.05) is 6.07 Å². The summed E-state index contributed by atoms with van der Waals surface area (Å²) >= 11 is 1.75. The van der Waals surface area contributed by atoms with E-state index >= 15 is 0 Å². The van der Waals surface area contributed by atoms with Crippen molar-refractivity contribution in [3.8, 4) is 11.5 Å². The van der Waals surface area contributed by atoms with E-state index in [9.17, 15) is 9.90 Å². The molecule has 1 aliphatic carbocycles. The molecular weight excluding hydrogens is 438 g/mol. The molecule has 1 atom stereocenters. The lowest BCUT2D eigenvalue weighted by molar-refractivity contribution is -0.114. The fourth-order valence-corrected chi connectivity index (χ4v) is 6.47. The third kappa shape index (κ3) is 5.19. The molecule has 1 aromatic heterocycles. The van der Waals surface area contributed by atoms with Crippen molar-refractivity contribution in [2.45, 2.75) is 38.6 Å². The highest BCUT2D eigenvalue weighted by molar-refractivity contribution is 7.16. The van der Waals surface area contributed by atoms with Gasteiger partial charge in [0.05, 0.1) is 26.9 Å². The zero-order valence-electron chi connectivity index (χ0n) is 19.9. The molecule has 1 aliphatic heterocycles. The van der Waals surface area contributed by atoms with E-state index in [1.54, 1.807) is 32.5 Å². The van der Waals surface area contributed by atoms with Crippen LogP contribution in [0.25, 0.3) is 0 Å². The Morgan fingerprint density at radius 2 is 1.85 bits per heavy atom. The van der Waals surface area contributed by atoms with Crippen molar-refractivity contribution < 1.29 is 19.4 Å². The second-order valence-corrected chi connectivity index (χ2v) is 9.86. The van der Waals surface area contributed by atoms with Crippen LogP contribution < -0.4 is 14.8 Å². The Balaban J connectivity index is 1.80. The minimum Gasteiger partial charge on any atom is -0.493 e. The Morgan fingerprint density at radius 3 is 2.52 bits per heavy atom. The molecule has 180 valence electrons. The van der Waals surface area contributed by atoms with E-state index in [1.807, 2.05) is 6.07 Å². The van der Waals surface area contributed by atoms with Crippen LogP contribution in [0.2, 0.25) is 0 Å². The maximum Gasteiger partial charge on any atom is 0.221 e. The summed E-state index contributed by atoms with van der Waals surface area (Å²) in [6, 6.07) is 6.19. The molecule has 2 aliphatic rings. The van der Waals surface area contributed by atoms with E-state index in [-0.39, 0.29) is 18.6 Å². The summed E-state index contributed by atoms with van der Waals surface area (Å²) in [4.78, 5) is 18.4. The molecule has 33 heavy (non-hydrogen) atoms. The third-order valence-corrected chi connectivity index (χ3v) is 7.91. The number of nitrogens with zero attached hydrogens (tertiary/aromatic N) is 2. The van der Waals surface area contributed by atoms with Gasteiger partial charge in [0.1, 0.15) is 5.00 Å². The van der Waals surface area contributed by atoms with Crippen LogP contribution in [0.15, 0.2) is 18.2 Å². The average Bonchev–Trinajstić information content (AvgIpc) is 3.17. The third-order valence-electron chi connectivity index (χ3n) is 6.69. The number of ether oxygens (including phenoxy) is 2. The lowest BCUT2D eigenvalue weighted by Crippen LogP contribution is -2.48. The summed E-state index contributed by atoms with van der Waals surface area (Å²) in [5.41, 5.74) is 3.79. The van der Waals surface area contributed by atoms with Crippen LogP contribution in [-0.2, 0) is 17.6 Å². The molecule has 0 unspecified atom stereocenters. The van der Waals surface area contributed by atoms with Gasteiger partial charge in [0.15, 0.2) is 11.5 Å². The van der Waals surface area contributed by atoms with Crippen LogP contribution >= 0.6 is 11.3 Å². The molecule has 8 heteroatoms. The zero-order valence-corrected chi connectivity index (χ0v) is 20.7. The number of hydrogen-bond acceptors (Lipinski definition) is 7. The summed E-state index contributed by atoms with van der Waals surface area (Å²) in [6.07, 6.45) is 4.51. The van der Waals surface area contributed by atoms with Crippen molar-refractivity contribution in [1.29, 1.82) is 0 Å². The number of methoxy groups -OCH3 is 2. The SMILES string of the molecule is COc1ccc([C@H](c2c(NC(C)=O)sc3c2CCCC3)N2CCN(CCO)CC2)cc1OC. The number of carbonyl (C=O) groups excluding carboxylic acids is 1. The number of fused-ring (bicyclic) bond motifs is 1. The quantitative estimate of drug-likeness (QED) is 0.613. The predicted molar refractivity (Wildman–Crippen MR) is 132 cm³/mol. The Morgan fingerprint density at radius 1 is 1.12 bits per heavy atom. The molecule has 0 radical (unpaired) electrons. The molecule has 2 N–H and O–H groups in total. The largest absolute Gasteiger partial charge is 0.493 e. The van der Waals surface area contributed by atoms with Gasteiger partial charge in [-0.15, -0.1) is 11.3 Å². The van der Waals surface area contributed by atoms with Crippen molar-refractivity contribution in [2.75, 3.05) is 58.9 Å². The lowest BCUT2D eigenvalue weighted by Gasteiger charge is -2.40. The number of carbonyl (C=O) groups is 1. The van der Waals surface area contributed by atoms with E-state index < -0.39 is 0 Å². The van der Waals surface area contributed by atoms with Crippen LogP contribution in [0.3, 0.4) is 0 Å². The number of aliphatic hydroxyl groups is 1. The molecule has 1 fully saturated rings. The van der Waals surface area contributed by atoms with E-state index in [4.69, 9.17) is 9.47 Å². The van der Waals surface area contributed by atoms with Gasteiger partial charge in [0.2, 0.25) is 5.91 Å². The van der Waals surface area contributed by atoms with Gasteiger partial charge in [-0.05, 0) is 48.9 Å². The van der Waals surface area contributed by atoms with Crippen molar-refractivity contribution in [3.63, 3.8) is 0 Å². The topological polar surface area (TPSA) is 74.3 Å². The van der Waals surface area contributed by atoms with E-state index in [2.05, 4.69) is 27.2 Å². The molecule has 0 spiro atoms. The highest BCUT2D eigenvalue weighted by atomic mass is 32.1. The summed E-state index contributed by atoms with van der Waals surface area (Å²) in [5.74, 6) is 1.39. The molecule has 4 rings (SSSR count). The number of thiophene rings is 1. The van der Waals surface area contributed by atoms with Gasteiger partial charge in [-0.3, -0.25) is 14.6 Å². The normalized spacial score (nSPS) is 17.9. The maximum absolute atomic E-state index is 12.1. The van der Waals surface area contributed by atoms with Gasteiger partial charge in [0, 0.05) is 50.1 Å². The van der Waals surface area contributed by atoms with Gasteiger partial charge in [-0.2, -0.15) is 0 Å². The summed E-state index contributed by atoms with van der Waals surface area (Å²) < 4.78 is 11.1. The van der Waals surface area contributed by atoms with Crippen molar-refractivity contribution in [2.24, 2.45) is 0 Å². The molecular formula is C25H35N3O4S. The number of rotatable bonds is 8. The van der Waals surface area contributed by atoms with E-state index in [0.717, 1.165) is 49.6 Å². The molecule has 7 nitrogen and oxygen atoms in total. The van der Waals surface area contributed by atoms with Crippen LogP contribution in [0.5, 0.6) is 11.5 Å². The minimum absolute atomic E-state index is 0.0148. The number of hydrogen-bond donors (Lipinski definition) is 2. The second kappa shape index (κ2) is 10.9. The monoisotopic (exact) mass is 473 g/mol. The van der Waals surface area contributed by atoms with Gasteiger partial charge in [-0.25, -0.2) is 0 Å². The van der Waals surface area contributed by atoms with Crippen molar-refractivity contribution >= 4 is 22.2 Å². The molecule has 1 amide bonds. The number of nitrogens with one attached hydrogen (secondary N) is 1. The fraction of sp³-hybridized carbons (Fsp3) is 0.560. The van der Waals surface area contributed by atoms with Gasteiger partial charge in [0.25, 0.3) is 0 Å². The molecule has 2 heterocycles. The summed E-state index contributed by atoms with van der Waals surface area (Å²) in [5, 5.41) is 13.5. The molecule has 2 aromatic rings. The Bertz CT molecular complexity index is 969. The van der Waals surface area contributed by atoms with Crippen molar-refractivity contribution in [1.82, 2.24) is 9.80 Å². The first-order chi connectivity index (χ1) is 16.0. The maximum atomic E-state index is 12.1.